The van der Waals surface area contributed by atoms with Gasteiger partial charge in [0.25, 0.3) is 0 Å². The number of carbonyl (C=O) groups is 1. The zero-order chi connectivity index (χ0) is 19.0. The molecule has 1 amide bonds. The van der Waals surface area contributed by atoms with Crippen LogP contribution in [0.4, 0.5) is 5.13 Å². The number of nitrogens with zero attached hydrogens (tertiary/aromatic N) is 4. The second-order valence-corrected chi connectivity index (χ2v) is 8.49. The largest absolute Gasteiger partial charge is 0.354 e. The summed E-state index contributed by atoms with van der Waals surface area (Å²) < 4.78 is 1.85. The Balaban J connectivity index is 1.51. The molecule has 1 aromatic carbocycles. The molecule has 7 heteroatoms. The molecule has 1 aliphatic heterocycles. The molecule has 142 valence electrons. The lowest BCUT2D eigenvalue weighted by molar-refractivity contribution is -0.125. The van der Waals surface area contributed by atoms with Crippen LogP contribution in [0.1, 0.15) is 32.3 Å². The summed E-state index contributed by atoms with van der Waals surface area (Å²) in [6.07, 6.45) is 3.93. The van der Waals surface area contributed by atoms with Crippen molar-refractivity contribution in [3.63, 3.8) is 0 Å². The van der Waals surface area contributed by atoms with Gasteiger partial charge in [-0.1, -0.05) is 41.2 Å². The molecule has 3 aromatic rings. The second-order valence-electron chi connectivity index (χ2n) is 7.55. The Morgan fingerprint density at radius 1 is 1.30 bits per heavy atom. The molecule has 3 heterocycles. The fourth-order valence-corrected chi connectivity index (χ4v) is 4.37. The van der Waals surface area contributed by atoms with Crippen LogP contribution in [0.25, 0.3) is 16.2 Å². The summed E-state index contributed by atoms with van der Waals surface area (Å²) in [5.74, 6) is 0.179. The molecule has 1 atom stereocenters. The molecule has 4 rings (SSSR count). The minimum Gasteiger partial charge on any atom is -0.354 e. The zero-order valence-corrected chi connectivity index (χ0v) is 16.8. The topological polar surface area (TPSA) is 62.5 Å². The van der Waals surface area contributed by atoms with Gasteiger partial charge in [-0.2, -0.15) is 0 Å². The fourth-order valence-electron chi connectivity index (χ4n) is 3.45. The first kappa shape index (κ1) is 18.0. The molecule has 0 bridgehead atoms. The molecule has 1 N–H and O–H groups in total. The highest BCUT2D eigenvalue weighted by atomic mass is 32.1. The van der Waals surface area contributed by atoms with E-state index >= 15 is 0 Å². The van der Waals surface area contributed by atoms with Gasteiger partial charge in [0, 0.05) is 24.7 Å². The van der Waals surface area contributed by atoms with Crippen LogP contribution in [0.15, 0.2) is 30.5 Å². The number of anilines is 1. The van der Waals surface area contributed by atoms with Gasteiger partial charge in [0.15, 0.2) is 0 Å². The third-order valence-electron chi connectivity index (χ3n) is 4.87. The van der Waals surface area contributed by atoms with Crippen LogP contribution in [0.3, 0.4) is 0 Å². The summed E-state index contributed by atoms with van der Waals surface area (Å²) in [6.45, 7) is 7.74. The number of hydrogen-bond donors (Lipinski definition) is 1. The van der Waals surface area contributed by atoms with E-state index in [1.54, 1.807) is 11.3 Å². The van der Waals surface area contributed by atoms with E-state index in [-0.39, 0.29) is 17.9 Å². The minimum absolute atomic E-state index is 0.0282. The van der Waals surface area contributed by atoms with Crippen LogP contribution in [0.5, 0.6) is 0 Å². The highest BCUT2D eigenvalue weighted by molar-refractivity contribution is 7.20. The lowest BCUT2D eigenvalue weighted by atomic mass is 9.97. The third kappa shape index (κ3) is 3.83. The van der Waals surface area contributed by atoms with Gasteiger partial charge in [-0.3, -0.25) is 4.79 Å². The summed E-state index contributed by atoms with van der Waals surface area (Å²) in [5, 5.41) is 8.70. The minimum atomic E-state index is 0.0282. The molecule has 0 spiro atoms. The SMILES string of the molecule is Cc1ccc(-c2cn3nc(N4CCC[C@@H](C(=O)NC(C)C)C4)sc3n2)cc1. The van der Waals surface area contributed by atoms with Crippen molar-refractivity contribution >= 4 is 27.3 Å². The molecule has 0 aliphatic carbocycles. The predicted molar refractivity (Wildman–Crippen MR) is 109 cm³/mol. The summed E-state index contributed by atoms with van der Waals surface area (Å²) in [7, 11) is 0. The summed E-state index contributed by atoms with van der Waals surface area (Å²) >= 11 is 1.59. The highest BCUT2D eigenvalue weighted by Gasteiger charge is 2.28. The fraction of sp³-hybridized carbons (Fsp3) is 0.450. The number of carbonyl (C=O) groups excluding carboxylic acids is 1. The van der Waals surface area contributed by atoms with Crippen molar-refractivity contribution in [2.75, 3.05) is 18.0 Å². The van der Waals surface area contributed by atoms with Gasteiger partial charge in [0.1, 0.15) is 0 Å². The van der Waals surface area contributed by atoms with E-state index in [1.165, 1.54) is 5.56 Å². The molecule has 2 aromatic heterocycles. The maximum atomic E-state index is 12.4. The van der Waals surface area contributed by atoms with Crippen LogP contribution < -0.4 is 10.2 Å². The summed E-state index contributed by atoms with van der Waals surface area (Å²) in [6, 6.07) is 8.54. The third-order valence-corrected chi connectivity index (χ3v) is 5.86. The standard InChI is InChI=1S/C20H25N5OS/c1-13(2)21-18(26)16-5-4-10-24(11-16)20-23-25-12-17(22-19(25)27-20)15-8-6-14(3)7-9-15/h6-9,12-13,16H,4-5,10-11H2,1-3H3,(H,21,26)/t16-/m1/s1. The van der Waals surface area contributed by atoms with Crippen molar-refractivity contribution in [2.45, 2.75) is 39.7 Å². The van der Waals surface area contributed by atoms with Gasteiger partial charge in [-0.25, -0.2) is 9.50 Å². The van der Waals surface area contributed by atoms with Crippen molar-refractivity contribution in [1.29, 1.82) is 0 Å². The van der Waals surface area contributed by atoms with Gasteiger partial charge in [-0.15, -0.1) is 5.10 Å². The molecular formula is C20H25N5OS. The van der Waals surface area contributed by atoms with Gasteiger partial charge >= 0.3 is 0 Å². The Kier molecular flexibility index (Phi) is 4.86. The smallest absolute Gasteiger partial charge is 0.225 e. The van der Waals surface area contributed by atoms with E-state index in [2.05, 4.69) is 41.4 Å². The number of benzene rings is 1. The number of fused-ring (bicyclic) bond motifs is 1. The molecule has 6 nitrogen and oxygen atoms in total. The molecule has 0 saturated carbocycles. The Hall–Kier alpha value is -2.41. The van der Waals surface area contributed by atoms with E-state index in [0.717, 1.165) is 47.3 Å². The van der Waals surface area contributed by atoms with Crippen LogP contribution >= 0.6 is 11.3 Å². The Bertz CT molecular complexity index is 912. The van der Waals surface area contributed by atoms with Gasteiger partial charge in [0.05, 0.1) is 17.8 Å². The molecule has 0 unspecified atom stereocenters. The van der Waals surface area contributed by atoms with Crippen molar-refractivity contribution in [2.24, 2.45) is 5.92 Å². The molecule has 1 saturated heterocycles. The monoisotopic (exact) mass is 383 g/mol. The van der Waals surface area contributed by atoms with Crippen molar-refractivity contribution in [1.82, 2.24) is 19.9 Å². The normalized spacial score (nSPS) is 17.6. The number of nitrogens with one attached hydrogen (secondary N) is 1. The van der Waals surface area contributed by atoms with E-state index < -0.39 is 0 Å². The van der Waals surface area contributed by atoms with E-state index in [4.69, 9.17) is 10.1 Å². The lowest BCUT2D eigenvalue weighted by Gasteiger charge is -2.31. The lowest BCUT2D eigenvalue weighted by Crippen LogP contribution is -2.44. The van der Waals surface area contributed by atoms with Crippen molar-refractivity contribution < 1.29 is 4.79 Å². The van der Waals surface area contributed by atoms with Gasteiger partial charge in [0.2, 0.25) is 16.0 Å². The number of imidazole rings is 1. The quantitative estimate of drug-likeness (QED) is 0.749. The van der Waals surface area contributed by atoms with Crippen LogP contribution in [0, 0.1) is 12.8 Å². The molecule has 1 aliphatic rings. The van der Waals surface area contributed by atoms with Crippen molar-refractivity contribution in [3.8, 4) is 11.3 Å². The molecule has 27 heavy (non-hydrogen) atoms. The molecule has 0 radical (unpaired) electrons. The number of hydrogen-bond acceptors (Lipinski definition) is 5. The number of rotatable bonds is 4. The number of aryl methyl sites for hydroxylation is 1. The summed E-state index contributed by atoms with van der Waals surface area (Å²) in [5.41, 5.74) is 3.28. The summed E-state index contributed by atoms with van der Waals surface area (Å²) in [4.78, 5) is 20.2. The van der Waals surface area contributed by atoms with E-state index in [9.17, 15) is 4.79 Å². The van der Waals surface area contributed by atoms with Crippen LogP contribution in [-0.4, -0.2) is 39.6 Å². The van der Waals surface area contributed by atoms with Crippen LogP contribution in [0.2, 0.25) is 0 Å². The maximum absolute atomic E-state index is 12.4. The Morgan fingerprint density at radius 2 is 2.07 bits per heavy atom. The first-order chi connectivity index (χ1) is 13.0. The zero-order valence-electron chi connectivity index (χ0n) is 16.0. The first-order valence-electron chi connectivity index (χ1n) is 9.48. The van der Waals surface area contributed by atoms with E-state index in [0.29, 0.717) is 0 Å². The number of amides is 1. The highest BCUT2D eigenvalue weighted by Crippen LogP contribution is 2.29. The molecule has 1 fully saturated rings. The Labute approximate surface area is 163 Å². The second kappa shape index (κ2) is 7.31. The molecular weight excluding hydrogens is 358 g/mol. The average Bonchev–Trinajstić information content (AvgIpc) is 3.21. The van der Waals surface area contributed by atoms with Gasteiger partial charge < -0.3 is 10.2 Å². The van der Waals surface area contributed by atoms with Crippen LogP contribution in [-0.2, 0) is 4.79 Å². The maximum Gasteiger partial charge on any atom is 0.225 e. The number of aromatic nitrogens is 3. The average molecular weight is 384 g/mol. The predicted octanol–water partition coefficient (Wildman–Crippen LogP) is 3.51. The number of piperidine rings is 1. The first-order valence-corrected chi connectivity index (χ1v) is 10.3. The van der Waals surface area contributed by atoms with Gasteiger partial charge in [-0.05, 0) is 33.6 Å². The van der Waals surface area contributed by atoms with Crippen molar-refractivity contribution in [3.05, 3.63) is 36.0 Å². The van der Waals surface area contributed by atoms with E-state index in [1.807, 2.05) is 24.6 Å². The Morgan fingerprint density at radius 3 is 2.78 bits per heavy atom.